The summed E-state index contributed by atoms with van der Waals surface area (Å²) in [6.07, 6.45) is 0. The van der Waals surface area contributed by atoms with Crippen molar-refractivity contribution < 1.29 is 13.6 Å². The maximum atomic E-state index is 13.3. The van der Waals surface area contributed by atoms with E-state index in [1.807, 2.05) is 0 Å². The third-order valence-electron chi connectivity index (χ3n) is 4.05. The molecule has 0 fully saturated rings. The Balaban J connectivity index is 1.80. The van der Waals surface area contributed by atoms with E-state index in [2.05, 4.69) is 10.4 Å². The second-order valence-electron chi connectivity index (χ2n) is 6.26. The van der Waals surface area contributed by atoms with Crippen LogP contribution < -0.4 is 10.9 Å². The fraction of sp³-hybridized carbons (Fsp3) is 0.211. The SMILES string of the molecule is CC(C(=O)Nc1ccc(C(C)(F)F)cc1)n1nc(-c2cc(Cl)cs2)ccc1=O. The quantitative estimate of drug-likeness (QED) is 0.632. The molecule has 146 valence electrons. The van der Waals surface area contributed by atoms with Crippen molar-refractivity contribution in [1.82, 2.24) is 9.78 Å². The lowest BCUT2D eigenvalue weighted by Crippen LogP contribution is -2.33. The molecule has 0 aliphatic rings. The molecule has 5 nitrogen and oxygen atoms in total. The smallest absolute Gasteiger partial charge is 0.270 e. The van der Waals surface area contributed by atoms with E-state index in [4.69, 9.17) is 11.6 Å². The van der Waals surface area contributed by atoms with Crippen molar-refractivity contribution in [2.75, 3.05) is 5.32 Å². The van der Waals surface area contributed by atoms with Crippen LogP contribution in [0.2, 0.25) is 5.02 Å². The lowest BCUT2D eigenvalue weighted by Gasteiger charge is -2.15. The zero-order valence-electron chi connectivity index (χ0n) is 14.9. The van der Waals surface area contributed by atoms with Crippen LogP contribution in [0.5, 0.6) is 0 Å². The molecule has 28 heavy (non-hydrogen) atoms. The average molecular weight is 424 g/mol. The molecule has 0 aliphatic carbocycles. The van der Waals surface area contributed by atoms with Gasteiger partial charge in [0.25, 0.3) is 11.5 Å². The van der Waals surface area contributed by atoms with Crippen molar-refractivity contribution >= 4 is 34.5 Å². The lowest BCUT2D eigenvalue weighted by atomic mass is 10.1. The molecule has 0 saturated carbocycles. The Hall–Kier alpha value is -2.58. The molecule has 1 N–H and O–H groups in total. The zero-order chi connectivity index (χ0) is 20.5. The Morgan fingerprint density at radius 2 is 1.93 bits per heavy atom. The van der Waals surface area contributed by atoms with Gasteiger partial charge in [0.05, 0.1) is 9.90 Å². The molecular formula is C19H16ClF2N3O2S. The Bertz CT molecular complexity index is 1060. The predicted molar refractivity (Wildman–Crippen MR) is 106 cm³/mol. The van der Waals surface area contributed by atoms with Gasteiger partial charge in [-0.25, -0.2) is 13.5 Å². The number of rotatable bonds is 5. The third-order valence-corrected chi connectivity index (χ3v) is 5.35. The van der Waals surface area contributed by atoms with Crippen LogP contribution in [0.4, 0.5) is 14.5 Å². The van der Waals surface area contributed by atoms with Crippen LogP contribution in [0.25, 0.3) is 10.6 Å². The summed E-state index contributed by atoms with van der Waals surface area (Å²) < 4.78 is 27.6. The number of anilines is 1. The summed E-state index contributed by atoms with van der Waals surface area (Å²) in [6, 6.07) is 8.97. The van der Waals surface area contributed by atoms with Gasteiger partial charge < -0.3 is 5.32 Å². The number of alkyl halides is 2. The fourth-order valence-electron chi connectivity index (χ4n) is 2.49. The van der Waals surface area contributed by atoms with Gasteiger partial charge in [0.2, 0.25) is 5.91 Å². The molecule has 1 aromatic carbocycles. The number of benzene rings is 1. The molecule has 3 rings (SSSR count). The van der Waals surface area contributed by atoms with E-state index in [1.54, 1.807) is 17.5 Å². The molecule has 0 aliphatic heterocycles. The summed E-state index contributed by atoms with van der Waals surface area (Å²) in [7, 11) is 0. The van der Waals surface area contributed by atoms with Gasteiger partial charge in [-0.1, -0.05) is 23.7 Å². The van der Waals surface area contributed by atoms with Gasteiger partial charge in [0, 0.05) is 29.6 Å². The van der Waals surface area contributed by atoms with Gasteiger partial charge in [-0.15, -0.1) is 11.3 Å². The van der Waals surface area contributed by atoms with E-state index in [0.29, 0.717) is 16.4 Å². The highest BCUT2D eigenvalue weighted by Gasteiger charge is 2.24. The van der Waals surface area contributed by atoms with Crippen LogP contribution >= 0.6 is 22.9 Å². The summed E-state index contributed by atoms with van der Waals surface area (Å²) in [4.78, 5) is 25.5. The molecular weight excluding hydrogens is 408 g/mol. The number of hydrogen-bond acceptors (Lipinski definition) is 4. The summed E-state index contributed by atoms with van der Waals surface area (Å²) in [5.74, 6) is -3.45. The van der Waals surface area contributed by atoms with Gasteiger partial charge >= 0.3 is 0 Å². The first kappa shape index (κ1) is 20.2. The molecule has 1 amide bonds. The van der Waals surface area contributed by atoms with E-state index in [0.717, 1.165) is 16.5 Å². The summed E-state index contributed by atoms with van der Waals surface area (Å²) in [5, 5.41) is 9.17. The van der Waals surface area contributed by atoms with Crippen molar-refractivity contribution in [3.63, 3.8) is 0 Å². The molecule has 1 unspecified atom stereocenters. The highest BCUT2D eigenvalue weighted by atomic mass is 35.5. The van der Waals surface area contributed by atoms with Crippen LogP contribution in [-0.2, 0) is 10.7 Å². The second-order valence-corrected chi connectivity index (χ2v) is 7.61. The topological polar surface area (TPSA) is 64.0 Å². The third kappa shape index (κ3) is 4.45. The summed E-state index contributed by atoms with van der Waals surface area (Å²) in [5.41, 5.74) is 0.276. The zero-order valence-corrected chi connectivity index (χ0v) is 16.5. The van der Waals surface area contributed by atoms with Crippen molar-refractivity contribution in [2.45, 2.75) is 25.8 Å². The lowest BCUT2D eigenvalue weighted by molar-refractivity contribution is -0.119. The monoisotopic (exact) mass is 423 g/mol. The minimum Gasteiger partial charge on any atom is -0.324 e. The molecule has 0 bridgehead atoms. The number of thiophene rings is 1. The first-order chi connectivity index (χ1) is 13.1. The van der Waals surface area contributed by atoms with Gasteiger partial charge in [-0.3, -0.25) is 9.59 Å². The first-order valence-corrected chi connectivity index (χ1v) is 9.54. The molecule has 0 spiro atoms. The van der Waals surface area contributed by atoms with Gasteiger partial charge in [0.15, 0.2) is 0 Å². The largest absolute Gasteiger partial charge is 0.324 e. The average Bonchev–Trinajstić information content (AvgIpc) is 3.07. The van der Waals surface area contributed by atoms with Crippen LogP contribution in [0.1, 0.15) is 25.5 Å². The molecule has 2 heterocycles. The molecule has 0 radical (unpaired) electrons. The van der Waals surface area contributed by atoms with Crippen LogP contribution in [0, 0.1) is 0 Å². The minimum atomic E-state index is -2.96. The summed E-state index contributed by atoms with van der Waals surface area (Å²) >= 11 is 7.30. The predicted octanol–water partition coefficient (Wildman–Crippen LogP) is 4.94. The van der Waals surface area contributed by atoms with Crippen LogP contribution in [0.15, 0.2) is 52.6 Å². The first-order valence-electron chi connectivity index (χ1n) is 8.28. The molecule has 2 aromatic heterocycles. The molecule has 9 heteroatoms. The maximum absolute atomic E-state index is 13.3. The Morgan fingerprint density at radius 3 is 2.50 bits per heavy atom. The van der Waals surface area contributed by atoms with E-state index in [9.17, 15) is 18.4 Å². The van der Waals surface area contributed by atoms with E-state index < -0.39 is 23.4 Å². The van der Waals surface area contributed by atoms with E-state index in [1.165, 1.54) is 48.6 Å². The summed E-state index contributed by atoms with van der Waals surface area (Å²) in [6.45, 7) is 2.33. The molecule has 1 atom stereocenters. The van der Waals surface area contributed by atoms with Gasteiger partial charge in [0.1, 0.15) is 11.7 Å². The Labute approximate surface area is 168 Å². The molecule has 0 saturated heterocycles. The van der Waals surface area contributed by atoms with Crippen molar-refractivity contribution in [1.29, 1.82) is 0 Å². The number of nitrogens with one attached hydrogen (secondary N) is 1. The highest BCUT2D eigenvalue weighted by molar-refractivity contribution is 7.14. The Morgan fingerprint density at radius 1 is 1.25 bits per heavy atom. The second kappa shape index (κ2) is 7.81. The van der Waals surface area contributed by atoms with Gasteiger partial charge in [-0.05, 0) is 31.2 Å². The van der Waals surface area contributed by atoms with Crippen LogP contribution in [0.3, 0.4) is 0 Å². The number of carbonyl (C=O) groups is 1. The van der Waals surface area contributed by atoms with Crippen LogP contribution in [-0.4, -0.2) is 15.7 Å². The highest BCUT2D eigenvalue weighted by Crippen LogP contribution is 2.29. The number of aromatic nitrogens is 2. The normalized spacial score (nSPS) is 12.6. The standard InChI is InChI=1S/C19H16ClF2N3O2S/c1-11(18(27)23-14-5-3-12(4-6-14)19(2,21)22)25-17(26)8-7-15(24-25)16-9-13(20)10-28-16/h3-11H,1-2H3,(H,23,27). The number of nitrogens with zero attached hydrogens (tertiary/aromatic N) is 2. The van der Waals surface area contributed by atoms with E-state index >= 15 is 0 Å². The number of halogens is 3. The minimum absolute atomic E-state index is 0.154. The number of carbonyl (C=O) groups excluding carboxylic acids is 1. The molecule has 3 aromatic rings. The Kier molecular flexibility index (Phi) is 5.62. The van der Waals surface area contributed by atoms with Crippen molar-refractivity contribution in [2.24, 2.45) is 0 Å². The number of hydrogen-bond donors (Lipinski definition) is 1. The van der Waals surface area contributed by atoms with Crippen molar-refractivity contribution in [3.8, 4) is 10.6 Å². The van der Waals surface area contributed by atoms with E-state index in [-0.39, 0.29) is 5.56 Å². The van der Waals surface area contributed by atoms with Crippen molar-refractivity contribution in [3.05, 3.63) is 68.8 Å². The number of amides is 1. The van der Waals surface area contributed by atoms with Gasteiger partial charge in [-0.2, -0.15) is 5.10 Å². The fourth-order valence-corrected chi connectivity index (χ4v) is 3.53. The maximum Gasteiger partial charge on any atom is 0.270 e.